The van der Waals surface area contributed by atoms with Gasteiger partial charge in [0, 0.05) is 36.2 Å². The molecule has 1 aromatic carbocycles. The zero-order chi connectivity index (χ0) is 14.0. The Kier molecular flexibility index (Phi) is 6.27. The summed E-state index contributed by atoms with van der Waals surface area (Å²) in [6.45, 7) is 3.73. The van der Waals surface area contributed by atoms with E-state index in [4.69, 9.17) is 4.74 Å². The first-order valence-electron chi connectivity index (χ1n) is 6.02. The van der Waals surface area contributed by atoms with Gasteiger partial charge in [-0.2, -0.15) is 4.31 Å². The molecule has 1 N–H and O–H groups in total. The van der Waals surface area contributed by atoms with Crippen LogP contribution in [-0.4, -0.2) is 45.5 Å². The molecule has 114 valence electrons. The summed E-state index contributed by atoms with van der Waals surface area (Å²) in [5.41, 5.74) is 0. The second kappa shape index (κ2) is 7.09. The molecule has 0 aliphatic carbocycles. The molecule has 1 unspecified atom stereocenters. The fraction of sp³-hybridized carbons (Fsp3) is 0.500. The third kappa shape index (κ3) is 3.65. The van der Waals surface area contributed by atoms with Crippen molar-refractivity contribution < 1.29 is 13.2 Å². The molecule has 0 bridgehead atoms. The third-order valence-corrected chi connectivity index (χ3v) is 5.58. The van der Waals surface area contributed by atoms with Crippen molar-refractivity contribution in [1.29, 1.82) is 0 Å². The van der Waals surface area contributed by atoms with E-state index in [0.29, 0.717) is 29.9 Å². The van der Waals surface area contributed by atoms with Gasteiger partial charge in [0.05, 0.1) is 12.0 Å². The number of benzene rings is 1. The Morgan fingerprint density at radius 3 is 2.70 bits per heavy atom. The van der Waals surface area contributed by atoms with E-state index < -0.39 is 10.0 Å². The molecule has 20 heavy (non-hydrogen) atoms. The Bertz CT molecular complexity index is 568. The van der Waals surface area contributed by atoms with Gasteiger partial charge in [-0.25, -0.2) is 8.42 Å². The Balaban J connectivity index is 0.00000200. The molecule has 1 heterocycles. The van der Waals surface area contributed by atoms with Gasteiger partial charge in [-0.3, -0.25) is 0 Å². The topological polar surface area (TPSA) is 58.6 Å². The number of ether oxygens (including phenoxy) is 1. The normalized spacial score (nSPS) is 20.2. The average molecular weight is 386 g/mol. The van der Waals surface area contributed by atoms with E-state index in [1.54, 1.807) is 18.2 Å². The highest BCUT2D eigenvalue weighted by Gasteiger charge is 2.31. The predicted octanol–water partition coefficient (Wildman–Crippen LogP) is 1.86. The van der Waals surface area contributed by atoms with Crippen LogP contribution >= 0.6 is 28.3 Å². The van der Waals surface area contributed by atoms with Crippen LogP contribution in [0, 0.1) is 0 Å². The van der Waals surface area contributed by atoms with Crippen LogP contribution in [0.25, 0.3) is 0 Å². The van der Waals surface area contributed by atoms with Gasteiger partial charge in [0.15, 0.2) is 0 Å². The zero-order valence-corrected chi connectivity index (χ0v) is 14.5. The molecule has 1 aliphatic rings. The van der Waals surface area contributed by atoms with Gasteiger partial charge in [0.2, 0.25) is 10.0 Å². The van der Waals surface area contributed by atoms with Gasteiger partial charge >= 0.3 is 0 Å². The number of hydrogen-bond acceptors (Lipinski definition) is 4. The van der Waals surface area contributed by atoms with Crippen LogP contribution in [0.1, 0.15) is 6.92 Å². The van der Waals surface area contributed by atoms with Crippen LogP contribution in [0.5, 0.6) is 5.75 Å². The molecule has 0 aromatic heterocycles. The van der Waals surface area contributed by atoms with Crippen molar-refractivity contribution in [2.45, 2.75) is 17.9 Å². The third-order valence-electron chi connectivity index (χ3n) is 3.13. The zero-order valence-electron chi connectivity index (χ0n) is 11.3. The quantitative estimate of drug-likeness (QED) is 0.863. The monoisotopic (exact) mass is 384 g/mol. The van der Waals surface area contributed by atoms with E-state index in [2.05, 4.69) is 21.2 Å². The summed E-state index contributed by atoms with van der Waals surface area (Å²) < 4.78 is 32.6. The molecule has 2 rings (SSSR count). The van der Waals surface area contributed by atoms with Crippen molar-refractivity contribution in [1.82, 2.24) is 9.62 Å². The molecular formula is C12H18BrClN2O3S. The fourth-order valence-corrected chi connectivity index (χ4v) is 4.43. The molecule has 1 saturated heterocycles. The molecule has 0 saturated carbocycles. The highest BCUT2D eigenvalue weighted by Crippen LogP contribution is 2.27. The molecule has 0 radical (unpaired) electrons. The van der Waals surface area contributed by atoms with E-state index in [1.165, 1.54) is 11.4 Å². The van der Waals surface area contributed by atoms with E-state index in [9.17, 15) is 8.42 Å². The lowest BCUT2D eigenvalue weighted by Crippen LogP contribution is -2.52. The van der Waals surface area contributed by atoms with Crippen LogP contribution < -0.4 is 10.1 Å². The average Bonchev–Trinajstić information content (AvgIpc) is 2.38. The summed E-state index contributed by atoms with van der Waals surface area (Å²) in [5.74, 6) is 0.524. The van der Waals surface area contributed by atoms with Gasteiger partial charge < -0.3 is 10.1 Å². The van der Waals surface area contributed by atoms with Gasteiger partial charge in [0.25, 0.3) is 0 Å². The lowest BCUT2D eigenvalue weighted by Gasteiger charge is -2.32. The molecule has 5 nitrogen and oxygen atoms in total. The van der Waals surface area contributed by atoms with Crippen molar-refractivity contribution in [2.24, 2.45) is 0 Å². The Morgan fingerprint density at radius 2 is 2.10 bits per heavy atom. The summed E-state index contributed by atoms with van der Waals surface area (Å²) in [4.78, 5) is 0.257. The van der Waals surface area contributed by atoms with Gasteiger partial charge in [-0.1, -0.05) is 15.9 Å². The van der Waals surface area contributed by atoms with Crippen molar-refractivity contribution in [2.75, 3.05) is 26.7 Å². The van der Waals surface area contributed by atoms with Crippen LogP contribution in [0.2, 0.25) is 0 Å². The molecule has 1 aromatic rings. The van der Waals surface area contributed by atoms with Crippen molar-refractivity contribution in [3.8, 4) is 5.75 Å². The maximum absolute atomic E-state index is 12.6. The molecule has 1 atom stereocenters. The van der Waals surface area contributed by atoms with Crippen LogP contribution in [0.4, 0.5) is 0 Å². The molecule has 8 heteroatoms. The first-order valence-corrected chi connectivity index (χ1v) is 8.25. The molecule has 1 fully saturated rings. The first-order chi connectivity index (χ1) is 8.95. The number of hydrogen-bond donors (Lipinski definition) is 1. The van der Waals surface area contributed by atoms with E-state index in [0.717, 1.165) is 0 Å². The van der Waals surface area contributed by atoms with E-state index in [1.807, 2.05) is 6.92 Å². The van der Waals surface area contributed by atoms with Crippen molar-refractivity contribution in [3.63, 3.8) is 0 Å². The maximum atomic E-state index is 12.6. The van der Waals surface area contributed by atoms with Gasteiger partial charge in [-0.05, 0) is 19.1 Å². The van der Waals surface area contributed by atoms with E-state index >= 15 is 0 Å². The molecule has 0 spiro atoms. The largest absolute Gasteiger partial charge is 0.497 e. The Morgan fingerprint density at radius 1 is 1.40 bits per heavy atom. The van der Waals surface area contributed by atoms with Crippen molar-refractivity contribution in [3.05, 3.63) is 22.7 Å². The first kappa shape index (κ1) is 17.7. The second-order valence-corrected chi connectivity index (χ2v) is 7.30. The summed E-state index contributed by atoms with van der Waals surface area (Å²) in [6.07, 6.45) is 0. The number of methoxy groups -OCH3 is 1. The predicted molar refractivity (Wildman–Crippen MR) is 84.2 cm³/mol. The minimum Gasteiger partial charge on any atom is -0.497 e. The van der Waals surface area contributed by atoms with Crippen LogP contribution in [0.3, 0.4) is 0 Å². The van der Waals surface area contributed by atoms with Gasteiger partial charge in [0.1, 0.15) is 5.75 Å². The van der Waals surface area contributed by atoms with Crippen molar-refractivity contribution >= 4 is 38.4 Å². The number of sulfonamides is 1. The number of nitrogens with one attached hydrogen (secondary N) is 1. The highest BCUT2D eigenvalue weighted by molar-refractivity contribution is 9.10. The number of piperazine rings is 1. The lowest BCUT2D eigenvalue weighted by molar-refractivity contribution is 0.283. The number of halogens is 2. The Labute approximate surface area is 134 Å². The maximum Gasteiger partial charge on any atom is 0.243 e. The summed E-state index contributed by atoms with van der Waals surface area (Å²) in [5, 5.41) is 3.18. The minimum absolute atomic E-state index is 0. The fourth-order valence-electron chi connectivity index (χ4n) is 2.12. The lowest BCUT2D eigenvalue weighted by atomic mass is 10.3. The second-order valence-electron chi connectivity index (χ2n) is 4.50. The highest BCUT2D eigenvalue weighted by atomic mass is 79.9. The SMILES string of the molecule is COc1cc(Br)cc(S(=O)(=O)N2CCNCC2C)c1.Cl. The Hall–Kier alpha value is -0.340. The summed E-state index contributed by atoms with van der Waals surface area (Å²) in [7, 11) is -1.96. The molecule has 1 aliphatic heterocycles. The van der Waals surface area contributed by atoms with Crippen LogP contribution in [0.15, 0.2) is 27.6 Å². The standard InChI is InChI=1S/C12H17BrN2O3S.ClH/c1-9-8-14-3-4-15(9)19(16,17)12-6-10(13)5-11(7-12)18-2;/h5-7,9,14H,3-4,8H2,1-2H3;1H. The summed E-state index contributed by atoms with van der Waals surface area (Å²) >= 11 is 3.31. The molecule has 0 amide bonds. The van der Waals surface area contributed by atoms with E-state index in [-0.39, 0.29) is 23.3 Å². The van der Waals surface area contributed by atoms with Gasteiger partial charge in [-0.15, -0.1) is 12.4 Å². The number of nitrogens with zero attached hydrogens (tertiary/aromatic N) is 1. The smallest absolute Gasteiger partial charge is 0.243 e. The summed E-state index contributed by atoms with van der Waals surface area (Å²) in [6, 6.07) is 4.84. The minimum atomic E-state index is -3.48. The number of rotatable bonds is 3. The van der Waals surface area contributed by atoms with Crippen LogP contribution in [-0.2, 0) is 10.0 Å². The molecular weight excluding hydrogens is 368 g/mol.